The van der Waals surface area contributed by atoms with E-state index in [1.807, 2.05) is 0 Å². The Morgan fingerprint density at radius 2 is 1.79 bits per heavy atom. The molecule has 0 aromatic heterocycles. The molecule has 0 aliphatic carbocycles. The molecule has 0 amide bonds. The molecular weight excluding hydrogens is 193 g/mol. The van der Waals surface area contributed by atoms with E-state index in [9.17, 15) is 5.11 Å². The van der Waals surface area contributed by atoms with Crippen molar-refractivity contribution in [2.24, 2.45) is 11.3 Å². The summed E-state index contributed by atoms with van der Waals surface area (Å²) < 4.78 is 2.34. The molecule has 1 aliphatic heterocycles. The van der Waals surface area contributed by atoms with Gasteiger partial charge in [-0.05, 0) is 37.0 Å². The second kappa shape index (κ2) is 5.44. The summed E-state index contributed by atoms with van der Waals surface area (Å²) in [6, 6.07) is 0. The highest BCUT2D eigenvalue weighted by Gasteiger charge is 2.28. The van der Waals surface area contributed by atoms with Crippen molar-refractivity contribution < 1.29 is 5.11 Å². The van der Waals surface area contributed by atoms with Crippen LogP contribution in [0.5, 0.6) is 0 Å². The highest BCUT2D eigenvalue weighted by molar-refractivity contribution is 7.13. The first kappa shape index (κ1) is 12.4. The van der Waals surface area contributed by atoms with Crippen LogP contribution in [0.3, 0.4) is 0 Å². The maximum atomic E-state index is 9.35. The highest BCUT2D eigenvalue weighted by Crippen LogP contribution is 2.34. The van der Waals surface area contributed by atoms with Gasteiger partial charge in [-0.1, -0.05) is 23.2 Å². The van der Waals surface area contributed by atoms with E-state index >= 15 is 0 Å². The van der Waals surface area contributed by atoms with Crippen LogP contribution in [0.1, 0.15) is 39.5 Å². The fourth-order valence-electron chi connectivity index (χ4n) is 2.25. The molecule has 14 heavy (non-hydrogen) atoms. The second-order valence-corrected chi connectivity index (χ2v) is 5.89. The third kappa shape index (κ3) is 3.49. The fraction of sp³-hybridized carbons (Fsp3) is 1.00. The molecule has 1 atom stereocenters. The SMILES string of the molecule is CC(C)(CO)C1CCCN(P)CCC1. The Morgan fingerprint density at radius 3 is 2.21 bits per heavy atom. The van der Waals surface area contributed by atoms with Gasteiger partial charge in [0.05, 0.1) is 0 Å². The Morgan fingerprint density at radius 1 is 1.29 bits per heavy atom. The van der Waals surface area contributed by atoms with E-state index in [4.69, 9.17) is 0 Å². The Hall–Kier alpha value is 0.350. The second-order valence-electron chi connectivity index (χ2n) is 5.16. The fourth-order valence-corrected chi connectivity index (χ4v) is 2.61. The number of aliphatic hydroxyl groups is 1. The lowest BCUT2D eigenvalue weighted by Gasteiger charge is -2.35. The van der Waals surface area contributed by atoms with Gasteiger partial charge in [0, 0.05) is 19.7 Å². The van der Waals surface area contributed by atoms with Gasteiger partial charge in [0.1, 0.15) is 0 Å². The normalized spacial score (nSPS) is 23.1. The van der Waals surface area contributed by atoms with E-state index < -0.39 is 0 Å². The summed E-state index contributed by atoms with van der Waals surface area (Å²) >= 11 is 0. The lowest BCUT2D eigenvalue weighted by molar-refractivity contribution is 0.0777. The van der Waals surface area contributed by atoms with E-state index in [1.165, 1.54) is 38.8 Å². The van der Waals surface area contributed by atoms with Crippen molar-refractivity contribution in [1.82, 2.24) is 4.67 Å². The van der Waals surface area contributed by atoms with Crippen molar-refractivity contribution in [3.05, 3.63) is 0 Å². The molecule has 1 aliphatic rings. The van der Waals surface area contributed by atoms with E-state index in [0.717, 1.165) is 0 Å². The minimum atomic E-state index is 0.114. The number of hydrogen-bond acceptors (Lipinski definition) is 2. The van der Waals surface area contributed by atoms with Crippen LogP contribution in [-0.2, 0) is 0 Å². The molecule has 2 nitrogen and oxygen atoms in total. The van der Waals surface area contributed by atoms with Crippen LogP contribution in [0, 0.1) is 11.3 Å². The van der Waals surface area contributed by atoms with Gasteiger partial charge in [-0.15, -0.1) is 0 Å². The zero-order valence-electron chi connectivity index (χ0n) is 9.50. The topological polar surface area (TPSA) is 23.5 Å². The zero-order chi connectivity index (χ0) is 10.6. The minimum absolute atomic E-state index is 0.114. The molecule has 0 saturated carbocycles. The summed E-state index contributed by atoms with van der Waals surface area (Å²) in [7, 11) is 2.80. The van der Waals surface area contributed by atoms with Gasteiger partial charge in [-0.25, -0.2) is 0 Å². The van der Waals surface area contributed by atoms with Crippen LogP contribution in [0.2, 0.25) is 0 Å². The molecule has 1 N–H and O–H groups in total. The molecule has 1 heterocycles. The lowest BCUT2D eigenvalue weighted by Crippen LogP contribution is -2.31. The third-order valence-corrected chi connectivity index (χ3v) is 4.02. The number of nitrogens with zero attached hydrogens (tertiary/aromatic N) is 1. The highest BCUT2D eigenvalue weighted by atomic mass is 31.0. The summed E-state index contributed by atoms with van der Waals surface area (Å²) in [5, 5.41) is 9.35. The van der Waals surface area contributed by atoms with Gasteiger partial charge in [0.25, 0.3) is 0 Å². The van der Waals surface area contributed by atoms with Gasteiger partial charge >= 0.3 is 0 Å². The molecule has 0 spiro atoms. The third-order valence-electron chi connectivity index (χ3n) is 3.51. The summed E-state index contributed by atoms with van der Waals surface area (Å²) in [5.74, 6) is 0.700. The van der Waals surface area contributed by atoms with Gasteiger partial charge in [-0.3, -0.25) is 4.67 Å². The van der Waals surface area contributed by atoms with Gasteiger partial charge in [0.15, 0.2) is 0 Å². The standard InChI is InChI=1S/C11H24NOP/c1-11(2,9-13)10-5-3-7-12(14)8-4-6-10/h10,13H,3-9,14H2,1-2H3. The molecular formula is C11H24NOP. The first-order valence-corrected chi connectivity index (χ1v) is 6.18. The van der Waals surface area contributed by atoms with Crippen LogP contribution in [0.4, 0.5) is 0 Å². The van der Waals surface area contributed by atoms with Crippen LogP contribution in [0.25, 0.3) is 0 Å². The van der Waals surface area contributed by atoms with Crippen molar-refractivity contribution in [3.8, 4) is 0 Å². The molecule has 1 saturated heterocycles. The predicted molar refractivity (Wildman–Crippen MR) is 64.1 cm³/mol. The van der Waals surface area contributed by atoms with Gasteiger partial charge in [-0.2, -0.15) is 0 Å². The first-order valence-electron chi connectivity index (χ1n) is 5.67. The molecule has 0 aromatic carbocycles. The molecule has 0 bridgehead atoms. The van der Waals surface area contributed by atoms with E-state index in [0.29, 0.717) is 12.5 Å². The number of hydrogen-bond donors (Lipinski definition) is 1. The Kier molecular flexibility index (Phi) is 4.82. The Bertz CT molecular complexity index is 163. The Balaban J connectivity index is 2.46. The van der Waals surface area contributed by atoms with E-state index in [-0.39, 0.29) is 5.41 Å². The maximum Gasteiger partial charge on any atom is 0.0484 e. The van der Waals surface area contributed by atoms with Crippen molar-refractivity contribution >= 4 is 9.39 Å². The molecule has 1 fully saturated rings. The van der Waals surface area contributed by atoms with Crippen LogP contribution in [0.15, 0.2) is 0 Å². The number of rotatable bonds is 2. The number of aliphatic hydroxyl groups excluding tert-OH is 1. The van der Waals surface area contributed by atoms with Crippen molar-refractivity contribution in [1.29, 1.82) is 0 Å². The lowest BCUT2D eigenvalue weighted by atomic mass is 9.74. The average molecular weight is 217 g/mol. The van der Waals surface area contributed by atoms with Crippen LogP contribution >= 0.6 is 9.39 Å². The Labute approximate surface area is 90.3 Å². The summed E-state index contributed by atoms with van der Waals surface area (Å²) in [6.45, 7) is 7.07. The summed E-state index contributed by atoms with van der Waals surface area (Å²) in [5.41, 5.74) is 0.114. The molecule has 3 heteroatoms. The minimum Gasteiger partial charge on any atom is -0.396 e. The molecule has 1 unspecified atom stereocenters. The van der Waals surface area contributed by atoms with Crippen molar-refractivity contribution in [2.75, 3.05) is 19.7 Å². The monoisotopic (exact) mass is 217 g/mol. The average Bonchev–Trinajstić information content (AvgIpc) is 2.11. The van der Waals surface area contributed by atoms with E-state index in [2.05, 4.69) is 27.9 Å². The van der Waals surface area contributed by atoms with Crippen molar-refractivity contribution in [3.63, 3.8) is 0 Å². The molecule has 84 valence electrons. The largest absolute Gasteiger partial charge is 0.396 e. The quantitative estimate of drug-likeness (QED) is 0.717. The van der Waals surface area contributed by atoms with Crippen LogP contribution < -0.4 is 0 Å². The summed E-state index contributed by atoms with van der Waals surface area (Å²) in [4.78, 5) is 0. The van der Waals surface area contributed by atoms with Crippen molar-refractivity contribution in [2.45, 2.75) is 39.5 Å². The predicted octanol–water partition coefficient (Wildman–Crippen LogP) is 2.29. The first-order chi connectivity index (χ1) is 6.56. The van der Waals surface area contributed by atoms with Crippen LogP contribution in [-0.4, -0.2) is 29.5 Å². The maximum absolute atomic E-state index is 9.35. The van der Waals surface area contributed by atoms with Gasteiger partial charge < -0.3 is 5.11 Å². The molecule has 0 aromatic rings. The zero-order valence-corrected chi connectivity index (χ0v) is 10.7. The van der Waals surface area contributed by atoms with Gasteiger partial charge in [0.2, 0.25) is 0 Å². The molecule has 1 rings (SSSR count). The van der Waals surface area contributed by atoms with E-state index in [1.54, 1.807) is 0 Å². The smallest absolute Gasteiger partial charge is 0.0484 e. The molecule has 0 radical (unpaired) electrons. The summed E-state index contributed by atoms with van der Waals surface area (Å²) in [6.07, 6.45) is 5.05.